The average Bonchev–Trinajstić information content (AvgIpc) is 3.09. The van der Waals surface area contributed by atoms with E-state index in [1.54, 1.807) is 6.08 Å². The van der Waals surface area contributed by atoms with Gasteiger partial charge in [0.15, 0.2) is 0 Å². The maximum atomic E-state index is 12.7. The summed E-state index contributed by atoms with van der Waals surface area (Å²) in [7, 11) is -4.34. The summed E-state index contributed by atoms with van der Waals surface area (Å²) in [6.07, 6.45) is 40.8. The number of hydrogen-bond acceptors (Lipinski definition) is 6. The molecule has 0 aliphatic carbocycles. The molecule has 0 rings (SSSR count). The van der Waals surface area contributed by atoms with E-state index >= 15 is 0 Å². The highest BCUT2D eigenvalue weighted by Crippen LogP contribution is 2.43. The minimum absolute atomic E-state index is 0.0757. The molecule has 0 aromatic carbocycles. The average molecular weight is 715 g/mol. The molecule has 0 aliphatic heterocycles. The normalized spacial score (nSPS) is 14.5. The van der Waals surface area contributed by atoms with Crippen LogP contribution in [0, 0.1) is 0 Å². The lowest BCUT2D eigenvalue weighted by atomic mass is 10.0. The van der Waals surface area contributed by atoms with Crippen molar-refractivity contribution in [3.63, 3.8) is 0 Å². The fraction of sp³-hybridized carbons (Fsp3) is 0.875. The van der Waals surface area contributed by atoms with Crippen molar-refractivity contribution in [1.82, 2.24) is 5.32 Å². The molecule has 0 heterocycles. The first kappa shape index (κ1) is 48.0. The highest BCUT2D eigenvalue weighted by Gasteiger charge is 2.26. The molecule has 0 saturated carbocycles. The molecule has 49 heavy (non-hydrogen) atoms. The number of carbonyl (C=O) groups is 1. The van der Waals surface area contributed by atoms with Crippen LogP contribution in [0.4, 0.5) is 0 Å². The molecule has 1 amide bonds. The van der Waals surface area contributed by atoms with Crippen LogP contribution in [-0.4, -0.2) is 47.8 Å². The van der Waals surface area contributed by atoms with Crippen molar-refractivity contribution in [2.45, 2.75) is 206 Å². The van der Waals surface area contributed by atoms with E-state index in [-0.39, 0.29) is 25.7 Å². The fourth-order valence-electron chi connectivity index (χ4n) is 5.91. The third kappa shape index (κ3) is 35.2. The zero-order valence-electron chi connectivity index (χ0n) is 31.9. The Kier molecular flexibility index (Phi) is 36.0. The van der Waals surface area contributed by atoms with Crippen molar-refractivity contribution in [3.05, 3.63) is 24.3 Å². The lowest BCUT2D eigenvalue weighted by Crippen LogP contribution is -2.45. The van der Waals surface area contributed by atoms with Gasteiger partial charge >= 0.3 is 7.82 Å². The first-order valence-electron chi connectivity index (χ1n) is 20.5. The molecule has 0 bridgehead atoms. The van der Waals surface area contributed by atoms with Crippen LogP contribution >= 0.6 is 7.82 Å². The summed E-state index contributed by atoms with van der Waals surface area (Å²) in [6.45, 7) is 4.11. The highest BCUT2D eigenvalue weighted by atomic mass is 31.2. The molecular formula is C40H79N2O6P. The Morgan fingerprint density at radius 3 is 1.57 bits per heavy atom. The lowest BCUT2D eigenvalue weighted by Gasteiger charge is -2.23. The molecule has 0 spiro atoms. The molecule has 0 saturated heterocycles. The van der Waals surface area contributed by atoms with Crippen LogP contribution in [-0.2, 0) is 18.4 Å². The van der Waals surface area contributed by atoms with Gasteiger partial charge in [-0.2, -0.15) is 0 Å². The van der Waals surface area contributed by atoms with Gasteiger partial charge in [0.25, 0.3) is 0 Å². The minimum atomic E-state index is -4.34. The molecule has 9 heteroatoms. The molecule has 8 nitrogen and oxygen atoms in total. The van der Waals surface area contributed by atoms with Crippen molar-refractivity contribution < 1.29 is 28.4 Å². The van der Waals surface area contributed by atoms with Gasteiger partial charge in [0, 0.05) is 13.0 Å². The molecule has 290 valence electrons. The number of unbranched alkanes of at least 4 members (excludes halogenated alkanes) is 24. The molecule has 5 N–H and O–H groups in total. The largest absolute Gasteiger partial charge is 0.472 e. The molecule has 0 fully saturated rings. The van der Waals surface area contributed by atoms with Crippen LogP contribution in [0.25, 0.3) is 0 Å². The smallest absolute Gasteiger partial charge is 0.387 e. The number of amides is 1. The predicted molar refractivity (Wildman–Crippen MR) is 208 cm³/mol. The van der Waals surface area contributed by atoms with Crippen LogP contribution in [0.5, 0.6) is 0 Å². The van der Waals surface area contributed by atoms with E-state index in [0.717, 1.165) is 38.5 Å². The van der Waals surface area contributed by atoms with Crippen LogP contribution in [0.3, 0.4) is 0 Å². The summed E-state index contributed by atoms with van der Waals surface area (Å²) < 4.78 is 22.0. The second kappa shape index (κ2) is 36.8. The molecule has 0 radical (unpaired) electrons. The number of aliphatic hydroxyl groups excluding tert-OH is 1. The first-order valence-corrected chi connectivity index (χ1v) is 22.0. The van der Waals surface area contributed by atoms with E-state index in [1.165, 1.54) is 135 Å². The number of allylic oxidation sites excluding steroid dienone is 3. The zero-order valence-corrected chi connectivity index (χ0v) is 32.8. The van der Waals surface area contributed by atoms with Gasteiger partial charge in [-0.3, -0.25) is 13.8 Å². The second-order valence-electron chi connectivity index (χ2n) is 13.8. The van der Waals surface area contributed by atoms with Gasteiger partial charge in [-0.1, -0.05) is 179 Å². The molecule has 3 unspecified atom stereocenters. The van der Waals surface area contributed by atoms with Crippen molar-refractivity contribution in [2.24, 2.45) is 5.73 Å². The third-order valence-electron chi connectivity index (χ3n) is 9.03. The molecule has 0 aliphatic rings. The maximum Gasteiger partial charge on any atom is 0.472 e. The van der Waals surface area contributed by atoms with E-state index in [1.807, 2.05) is 6.08 Å². The third-order valence-corrected chi connectivity index (χ3v) is 10.0. The Balaban J connectivity index is 4.26. The number of nitrogens with two attached hydrogens (primary N) is 1. The predicted octanol–water partition coefficient (Wildman–Crippen LogP) is 11.0. The topological polar surface area (TPSA) is 131 Å². The van der Waals surface area contributed by atoms with E-state index in [9.17, 15) is 19.4 Å². The van der Waals surface area contributed by atoms with Gasteiger partial charge in [-0.25, -0.2) is 4.57 Å². The summed E-state index contributed by atoms with van der Waals surface area (Å²) in [6, 6.07) is -0.871. The SMILES string of the molecule is CCCCCCCCC/C=C/CC/C=C/C(O)C(COP(=O)(O)OCCN)NC(=O)CCCCCCCCCCCCCCCCCCC. The summed E-state index contributed by atoms with van der Waals surface area (Å²) in [5.74, 6) is -0.203. The van der Waals surface area contributed by atoms with Gasteiger partial charge in [-0.05, 0) is 32.1 Å². The van der Waals surface area contributed by atoms with Gasteiger partial charge in [-0.15, -0.1) is 0 Å². The lowest BCUT2D eigenvalue weighted by molar-refractivity contribution is -0.123. The van der Waals surface area contributed by atoms with Crippen molar-refractivity contribution >= 4 is 13.7 Å². The van der Waals surface area contributed by atoms with Gasteiger partial charge in [0.05, 0.1) is 25.4 Å². The Labute approximate surface area is 302 Å². The van der Waals surface area contributed by atoms with Crippen molar-refractivity contribution in [2.75, 3.05) is 19.8 Å². The number of carbonyl (C=O) groups excluding carboxylic acids is 1. The van der Waals surface area contributed by atoms with E-state index in [2.05, 4.69) is 31.3 Å². The summed E-state index contributed by atoms with van der Waals surface area (Å²) in [5.41, 5.74) is 5.36. The standard InChI is InChI=1S/C40H79N2O6P/c1-3-5-7-9-11-13-15-17-18-19-20-22-24-26-28-30-32-34-40(44)42-38(37-48-49(45,46)47-36-35-41)39(43)33-31-29-27-25-23-21-16-14-12-10-8-6-4-2/h23,25,31,33,38-39,43H,3-22,24,26-30,32,34-37,41H2,1-2H3,(H,42,44)(H,45,46)/b25-23+,33-31+. The van der Waals surface area contributed by atoms with Crippen LogP contribution in [0.2, 0.25) is 0 Å². The molecule has 3 atom stereocenters. The number of phosphoric ester groups is 1. The van der Waals surface area contributed by atoms with Crippen molar-refractivity contribution in [3.8, 4) is 0 Å². The zero-order chi connectivity index (χ0) is 36.1. The molecule has 0 aromatic heterocycles. The Hall–Kier alpha value is -1.02. The second-order valence-corrected chi connectivity index (χ2v) is 15.3. The number of rotatable bonds is 38. The summed E-state index contributed by atoms with van der Waals surface area (Å²) in [5, 5.41) is 13.6. The van der Waals surface area contributed by atoms with E-state index in [0.29, 0.717) is 6.42 Å². The Morgan fingerprint density at radius 1 is 0.653 bits per heavy atom. The monoisotopic (exact) mass is 715 g/mol. The number of nitrogens with one attached hydrogen (secondary N) is 1. The summed E-state index contributed by atoms with van der Waals surface area (Å²) in [4.78, 5) is 22.6. The number of aliphatic hydroxyl groups is 1. The minimum Gasteiger partial charge on any atom is -0.387 e. The summed E-state index contributed by atoms with van der Waals surface area (Å²) >= 11 is 0. The Bertz CT molecular complexity index is 825. The van der Waals surface area contributed by atoms with Crippen LogP contribution in [0.15, 0.2) is 24.3 Å². The van der Waals surface area contributed by atoms with Crippen LogP contribution in [0.1, 0.15) is 194 Å². The number of hydrogen-bond donors (Lipinski definition) is 4. The fourth-order valence-corrected chi connectivity index (χ4v) is 6.67. The quantitative estimate of drug-likeness (QED) is 0.0284. The van der Waals surface area contributed by atoms with Gasteiger partial charge in [0.1, 0.15) is 0 Å². The van der Waals surface area contributed by atoms with Gasteiger partial charge in [0.2, 0.25) is 5.91 Å². The van der Waals surface area contributed by atoms with E-state index < -0.39 is 20.0 Å². The molecule has 0 aromatic rings. The Morgan fingerprint density at radius 2 is 1.08 bits per heavy atom. The maximum absolute atomic E-state index is 12.7. The highest BCUT2D eigenvalue weighted by molar-refractivity contribution is 7.47. The van der Waals surface area contributed by atoms with Gasteiger partial charge < -0.3 is 21.1 Å². The number of phosphoric acid groups is 1. The molecular weight excluding hydrogens is 635 g/mol. The van der Waals surface area contributed by atoms with E-state index in [4.69, 9.17) is 14.8 Å². The van der Waals surface area contributed by atoms with Crippen LogP contribution < -0.4 is 11.1 Å². The first-order chi connectivity index (χ1) is 23.9. The van der Waals surface area contributed by atoms with Crippen molar-refractivity contribution in [1.29, 1.82) is 0 Å².